The maximum atomic E-state index is 5.55. The number of nitrogens with zero attached hydrogens (tertiary/aromatic N) is 1. The van der Waals surface area contributed by atoms with Crippen LogP contribution in [0, 0.1) is 11.8 Å². The number of ether oxygens (including phenoxy) is 1. The van der Waals surface area contributed by atoms with Crippen molar-refractivity contribution in [1.82, 2.24) is 5.32 Å². The van der Waals surface area contributed by atoms with E-state index < -0.39 is 0 Å². The number of thioether (sulfide) groups is 1. The molecule has 0 radical (unpaired) electrons. The van der Waals surface area contributed by atoms with Gasteiger partial charge in [0.2, 0.25) is 0 Å². The van der Waals surface area contributed by atoms with Crippen LogP contribution in [0.25, 0.3) is 0 Å². The van der Waals surface area contributed by atoms with Crippen LogP contribution in [0.15, 0.2) is 4.99 Å². The second-order valence-corrected chi connectivity index (χ2v) is 6.62. The smallest absolute Gasteiger partial charge is 0.157 e. The Labute approximate surface area is 116 Å². The van der Waals surface area contributed by atoms with Crippen molar-refractivity contribution in [1.29, 1.82) is 0 Å². The highest BCUT2D eigenvalue weighted by molar-refractivity contribution is 8.13. The van der Waals surface area contributed by atoms with Crippen LogP contribution in [0.4, 0.5) is 0 Å². The highest BCUT2D eigenvalue weighted by Gasteiger charge is 2.21. The summed E-state index contributed by atoms with van der Waals surface area (Å²) in [7, 11) is 0. The predicted molar refractivity (Wildman–Crippen MR) is 81.4 cm³/mol. The van der Waals surface area contributed by atoms with Crippen LogP contribution in [0.1, 0.15) is 41.0 Å². The molecule has 0 spiro atoms. The summed E-state index contributed by atoms with van der Waals surface area (Å²) in [5, 5.41) is 4.67. The molecule has 1 aliphatic rings. The molecule has 0 saturated carbocycles. The van der Waals surface area contributed by atoms with E-state index in [1.54, 1.807) is 0 Å². The van der Waals surface area contributed by atoms with Crippen molar-refractivity contribution in [2.75, 3.05) is 19.0 Å². The molecule has 1 N–H and O–H groups in total. The van der Waals surface area contributed by atoms with Crippen molar-refractivity contribution in [2.45, 2.75) is 53.1 Å². The van der Waals surface area contributed by atoms with Gasteiger partial charge in [0.15, 0.2) is 5.17 Å². The summed E-state index contributed by atoms with van der Waals surface area (Å²) in [6, 6.07) is 0.843. The molecular formula is C14H28N2OS. The van der Waals surface area contributed by atoms with E-state index in [0.29, 0.717) is 23.9 Å². The zero-order chi connectivity index (χ0) is 13.5. The largest absolute Gasteiger partial charge is 0.380 e. The minimum absolute atomic E-state index is 0.363. The molecule has 2 unspecified atom stereocenters. The first-order chi connectivity index (χ1) is 8.54. The lowest BCUT2D eigenvalue weighted by atomic mass is 10.0. The molecule has 0 aromatic rings. The molecule has 0 bridgehead atoms. The number of hydrogen-bond acceptors (Lipinski definition) is 4. The SMILES string of the molecule is CCOCC(NC1=NC(C(C)C)CCS1)C(C)C. The summed E-state index contributed by atoms with van der Waals surface area (Å²) >= 11 is 1.85. The van der Waals surface area contributed by atoms with Crippen LogP contribution in [0.2, 0.25) is 0 Å². The van der Waals surface area contributed by atoms with Gasteiger partial charge in [-0.1, -0.05) is 39.5 Å². The van der Waals surface area contributed by atoms with E-state index in [1.807, 2.05) is 18.7 Å². The van der Waals surface area contributed by atoms with Gasteiger partial charge >= 0.3 is 0 Å². The normalized spacial score (nSPS) is 22.2. The Morgan fingerprint density at radius 1 is 1.39 bits per heavy atom. The monoisotopic (exact) mass is 272 g/mol. The molecular weight excluding hydrogens is 244 g/mol. The predicted octanol–water partition coefficient (Wildman–Crippen LogP) is 3.15. The lowest BCUT2D eigenvalue weighted by Crippen LogP contribution is -2.42. The van der Waals surface area contributed by atoms with Gasteiger partial charge in [-0.3, -0.25) is 4.99 Å². The van der Waals surface area contributed by atoms with E-state index in [-0.39, 0.29) is 0 Å². The van der Waals surface area contributed by atoms with E-state index in [4.69, 9.17) is 9.73 Å². The Morgan fingerprint density at radius 3 is 2.67 bits per heavy atom. The highest BCUT2D eigenvalue weighted by Crippen LogP contribution is 2.22. The molecule has 0 fully saturated rings. The van der Waals surface area contributed by atoms with E-state index in [2.05, 4.69) is 33.0 Å². The summed E-state index contributed by atoms with van der Waals surface area (Å²) < 4.78 is 5.55. The Balaban J connectivity index is 2.56. The molecule has 1 aliphatic heterocycles. The zero-order valence-electron chi connectivity index (χ0n) is 12.4. The Morgan fingerprint density at radius 2 is 2.11 bits per heavy atom. The van der Waals surface area contributed by atoms with Crippen molar-refractivity contribution in [2.24, 2.45) is 16.8 Å². The van der Waals surface area contributed by atoms with Gasteiger partial charge in [0.1, 0.15) is 0 Å². The van der Waals surface area contributed by atoms with E-state index in [9.17, 15) is 0 Å². The van der Waals surface area contributed by atoms with Crippen LogP contribution < -0.4 is 5.32 Å². The summed E-state index contributed by atoms with van der Waals surface area (Å²) in [6.45, 7) is 12.5. The summed E-state index contributed by atoms with van der Waals surface area (Å²) in [5.74, 6) is 2.36. The second-order valence-electron chi connectivity index (χ2n) is 5.54. The molecule has 1 rings (SSSR count). The number of amidine groups is 1. The number of aliphatic imine (C=N–C) groups is 1. The molecule has 0 amide bonds. The van der Waals surface area contributed by atoms with E-state index in [0.717, 1.165) is 18.4 Å². The highest BCUT2D eigenvalue weighted by atomic mass is 32.2. The summed E-state index contributed by atoms with van der Waals surface area (Å²) in [4.78, 5) is 4.82. The standard InChI is InChI=1S/C14H28N2OS/c1-6-17-9-13(11(4)5)16-14-15-12(10(2)3)7-8-18-14/h10-13H,6-9H2,1-5H3,(H,15,16). The summed E-state index contributed by atoms with van der Waals surface area (Å²) in [5.41, 5.74) is 0. The number of hydrogen-bond donors (Lipinski definition) is 1. The maximum absolute atomic E-state index is 5.55. The van der Waals surface area contributed by atoms with Gasteiger partial charge in [-0.05, 0) is 25.2 Å². The molecule has 18 heavy (non-hydrogen) atoms. The lowest BCUT2D eigenvalue weighted by molar-refractivity contribution is 0.115. The fourth-order valence-corrected chi connectivity index (χ4v) is 2.89. The van der Waals surface area contributed by atoms with Gasteiger partial charge in [-0.2, -0.15) is 0 Å². The van der Waals surface area contributed by atoms with Crippen LogP contribution in [-0.2, 0) is 4.74 Å². The van der Waals surface area contributed by atoms with Gasteiger partial charge in [-0.15, -0.1) is 0 Å². The lowest BCUT2D eigenvalue weighted by Gasteiger charge is -2.28. The van der Waals surface area contributed by atoms with Gasteiger partial charge in [0.05, 0.1) is 18.7 Å². The van der Waals surface area contributed by atoms with Crippen LogP contribution >= 0.6 is 11.8 Å². The Kier molecular flexibility index (Phi) is 7.08. The topological polar surface area (TPSA) is 33.6 Å². The third-order valence-electron chi connectivity index (χ3n) is 3.32. The summed E-state index contributed by atoms with van der Waals surface area (Å²) in [6.07, 6.45) is 1.20. The Hall–Kier alpha value is -0.220. The minimum Gasteiger partial charge on any atom is -0.380 e. The molecule has 106 valence electrons. The van der Waals surface area contributed by atoms with Gasteiger partial charge in [0, 0.05) is 12.4 Å². The molecule has 0 saturated heterocycles. The number of rotatable bonds is 6. The maximum Gasteiger partial charge on any atom is 0.157 e. The third-order valence-corrected chi connectivity index (χ3v) is 4.26. The average molecular weight is 272 g/mol. The fraction of sp³-hybridized carbons (Fsp3) is 0.929. The van der Waals surface area contributed by atoms with Crippen molar-refractivity contribution < 1.29 is 4.74 Å². The van der Waals surface area contributed by atoms with Gasteiger partial charge in [-0.25, -0.2) is 0 Å². The molecule has 0 aromatic carbocycles. The third kappa shape index (κ3) is 5.19. The molecule has 2 atom stereocenters. The molecule has 0 aliphatic carbocycles. The first kappa shape index (κ1) is 15.8. The fourth-order valence-electron chi connectivity index (χ4n) is 1.89. The number of nitrogens with one attached hydrogen (secondary N) is 1. The minimum atomic E-state index is 0.363. The van der Waals surface area contributed by atoms with Crippen molar-refractivity contribution in [3.63, 3.8) is 0 Å². The molecule has 0 aromatic heterocycles. The quantitative estimate of drug-likeness (QED) is 0.806. The van der Waals surface area contributed by atoms with Gasteiger partial charge < -0.3 is 10.1 Å². The van der Waals surface area contributed by atoms with Crippen LogP contribution in [0.5, 0.6) is 0 Å². The average Bonchev–Trinajstić information content (AvgIpc) is 2.34. The van der Waals surface area contributed by atoms with E-state index >= 15 is 0 Å². The zero-order valence-corrected chi connectivity index (χ0v) is 13.2. The van der Waals surface area contributed by atoms with Crippen molar-refractivity contribution in [3.8, 4) is 0 Å². The van der Waals surface area contributed by atoms with Crippen molar-refractivity contribution in [3.05, 3.63) is 0 Å². The van der Waals surface area contributed by atoms with Crippen LogP contribution in [-0.4, -0.2) is 36.2 Å². The van der Waals surface area contributed by atoms with Crippen molar-refractivity contribution >= 4 is 16.9 Å². The second kappa shape index (κ2) is 8.05. The molecule has 3 nitrogen and oxygen atoms in total. The molecule has 4 heteroatoms. The first-order valence-electron chi connectivity index (χ1n) is 7.09. The van der Waals surface area contributed by atoms with Gasteiger partial charge in [0.25, 0.3) is 0 Å². The van der Waals surface area contributed by atoms with Crippen LogP contribution in [0.3, 0.4) is 0 Å². The van der Waals surface area contributed by atoms with E-state index in [1.165, 1.54) is 12.2 Å². The Bertz CT molecular complexity index is 267. The molecule has 1 heterocycles. The first-order valence-corrected chi connectivity index (χ1v) is 8.08.